The Morgan fingerprint density at radius 3 is 1.24 bits per heavy atom. The molecule has 1 saturated carbocycles. The number of carboxylic acids is 1. The Morgan fingerprint density at radius 1 is 0.500 bits per heavy atom. The summed E-state index contributed by atoms with van der Waals surface area (Å²) in [5.74, 6) is 2.92. The van der Waals surface area contributed by atoms with Crippen LogP contribution in [0.3, 0.4) is 0 Å². The molecule has 2 N–H and O–H groups in total. The summed E-state index contributed by atoms with van der Waals surface area (Å²) in [7, 11) is 1.93. The molecule has 6 atom stereocenters. The highest BCUT2D eigenvalue weighted by Crippen LogP contribution is 2.48. The monoisotopic (exact) mass is 819 g/mol. The van der Waals surface area contributed by atoms with Crippen molar-refractivity contribution < 1.29 is 19.7 Å². The van der Waals surface area contributed by atoms with Crippen LogP contribution >= 0.6 is 0 Å². The molecule has 1 aliphatic carbocycles. The molecule has 0 heterocycles. The number of carbonyl (C=O) groups is 1. The summed E-state index contributed by atoms with van der Waals surface area (Å²) in [6.07, 6.45) is 57.8. The zero-order valence-corrected chi connectivity index (χ0v) is 40.1. The quantitative estimate of drug-likeness (QED) is 0.0600. The van der Waals surface area contributed by atoms with Gasteiger partial charge in [-0.25, -0.2) is 0 Å². The highest BCUT2D eigenvalue weighted by molar-refractivity contribution is 5.67. The molecule has 0 bridgehead atoms. The molecule has 0 aromatic heterocycles. The summed E-state index contributed by atoms with van der Waals surface area (Å²) < 4.78 is 5.89. The van der Waals surface area contributed by atoms with Crippen LogP contribution in [0.2, 0.25) is 0 Å². The second kappa shape index (κ2) is 41.7. The Bertz CT molecular complexity index is 845. The van der Waals surface area contributed by atoms with Gasteiger partial charge in [-0.05, 0) is 49.4 Å². The van der Waals surface area contributed by atoms with Gasteiger partial charge in [0.15, 0.2) is 0 Å². The van der Waals surface area contributed by atoms with Crippen molar-refractivity contribution in [3.05, 3.63) is 0 Å². The fourth-order valence-corrected chi connectivity index (χ4v) is 10.1. The lowest BCUT2D eigenvalue weighted by Gasteiger charge is -2.22. The normalized spacial score (nSPS) is 17.4. The zero-order chi connectivity index (χ0) is 42.2. The molecule has 58 heavy (non-hydrogen) atoms. The van der Waals surface area contributed by atoms with Gasteiger partial charge in [-0.15, -0.1) is 0 Å². The summed E-state index contributed by atoms with van der Waals surface area (Å²) in [6.45, 7) is 7.28. The van der Waals surface area contributed by atoms with Crippen LogP contribution in [-0.2, 0) is 9.53 Å². The highest BCUT2D eigenvalue weighted by atomic mass is 16.5. The lowest BCUT2D eigenvalue weighted by atomic mass is 9.93. The van der Waals surface area contributed by atoms with Gasteiger partial charge in [0.25, 0.3) is 0 Å². The van der Waals surface area contributed by atoms with E-state index in [-0.39, 0.29) is 6.42 Å². The Kier molecular flexibility index (Phi) is 39.9. The average Bonchev–Trinajstić information content (AvgIpc) is 3.99. The van der Waals surface area contributed by atoms with Crippen molar-refractivity contribution in [1.82, 2.24) is 0 Å². The van der Waals surface area contributed by atoms with Crippen LogP contribution in [0.4, 0.5) is 0 Å². The molecular formula is C54H106O4. The fraction of sp³-hybridized carbons (Fsp3) is 0.981. The van der Waals surface area contributed by atoms with E-state index >= 15 is 0 Å². The largest absolute Gasteiger partial charge is 0.481 e. The van der Waals surface area contributed by atoms with E-state index in [9.17, 15) is 9.90 Å². The SMILES string of the molecule is CCCCCCCC[C@H](C)[C@H](CCCCCCCCCCCCCCCC[C@H](C)[C@H]1CC1CCCCCCCCCCCCCCCCCC[C@@H](O)CC(=O)O)OC. The first-order valence-electron chi connectivity index (χ1n) is 26.8. The average molecular weight is 819 g/mol. The summed E-state index contributed by atoms with van der Waals surface area (Å²) in [5, 5.41) is 18.3. The minimum absolute atomic E-state index is 0.113. The van der Waals surface area contributed by atoms with E-state index in [1.807, 2.05) is 7.11 Å². The molecule has 0 radical (unpaired) electrons. The van der Waals surface area contributed by atoms with Gasteiger partial charge in [-0.3, -0.25) is 4.79 Å². The maximum Gasteiger partial charge on any atom is 0.305 e. The predicted octanol–water partition coefficient (Wildman–Crippen LogP) is 17.8. The van der Waals surface area contributed by atoms with Crippen LogP contribution in [0.5, 0.6) is 0 Å². The smallest absolute Gasteiger partial charge is 0.305 e. The van der Waals surface area contributed by atoms with Crippen molar-refractivity contribution in [2.24, 2.45) is 23.7 Å². The molecule has 346 valence electrons. The molecule has 4 heteroatoms. The van der Waals surface area contributed by atoms with E-state index in [4.69, 9.17) is 9.84 Å². The standard InChI is InChI=1S/C54H106O4/c1-5-6-7-8-31-37-42-49(3)53(58-4)45-40-35-30-26-22-18-14-13-15-19-23-27-32-36-41-48(2)52-46-50(52)43-38-33-28-24-20-16-11-9-10-12-17-21-25-29-34-39-44-51(55)47-54(56)57/h48-53,55H,5-47H2,1-4H3,(H,56,57)/t48-,49-,50?,51+,52+,53-/m0/s1. The van der Waals surface area contributed by atoms with Crippen LogP contribution < -0.4 is 0 Å². The first-order chi connectivity index (χ1) is 28.4. The van der Waals surface area contributed by atoms with Crippen molar-refractivity contribution in [3.63, 3.8) is 0 Å². The van der Waals surface area contributed by atoms with E-state index in [1.165, 1.54) is 250 Å². The molecule has 0 aromatic carbocycles. The van der Waals surface area contributed by atoms with Crippen LogP contribution in [0.1, 0.15) is 297 Å². The Balaban J connectivity index is 1.76. The van der Waals surface area contributed by atoms with E-state index in [0.717, 1.165) is 36.5 Å². The number of hydrogen-bond donors (Lipinski definition) is 2. The van der Waals surface area contributed by atoms with Gasteiger partial charge in [0.05, 0.1) is 18.6 Å². The molecule has 0 amide bonds. The molecule has 0 aromatic rings. The van der Waals surface area contributed by atoms with E-state index in [1.54, 1.807) is 0 Å². The summed E-state index contributed by atoms with van der Waals surface area (Å²) in [5.41, 5.74) is 0. The van der Waals surface area contributed by atoms with Crippen LogP contribution in [-0.4, -0.2) is 35.5 Å². The predicted molar refractivity (Wildman–Crippen MR) is 254 cm³/mol. The molecule has 1 rings (SSSR count). The number of carboxylic acid groups (broad SMARTS) is 1. The molecule has 1 unspecified atom stereocenters. The van der Waals surface area contributed by atoms with Crippen molar-refractivity contribution in [1.29, 1.82) is 0 Å². The molecule has 1 aliphatic rings. The summed E-state index contributed by atoms with van der Waals surface area (Å²) in [4.78, 5) is 10.6. The number of aliphatic hydroxyl groups excluding tert-OH is 1. The second-order valence-corrected chi connectivity index (χ2v) is 20.0. The Hall–Kier alpha value is -0.610. The maximum absolute atomic E-state index is 10.6. The van der Waals surface area contributed by atoms with E-state index < -0.39 is 12.1 Å². The van der Waals surface area contributed by atoms with Gasteiger partial charge in [0.1, 0.15) is 0 Å². The summed E-state index contributed by atoms with van der Waals surface area (Å²) >= 11 is 0. The molecule has 0 aliphatic heterocycles. The topological polar surface area (TPSA) is 66.8 Å². The highest BCUT2D eigenvalue weighted by Gasteiger charge is 2.39. The number of rotatable bonds is 48. The number of aliphatic hydroxyl groups is 1. The van der Waals surface area contributed by atoms with Crippen molar-refractivity contribution in [3.8, 4) is 0 Å². The Labute approximate surface area is 364 Å². The maximum atomic E-state index is 10.6. The van der Waals surface area contributed by atoms with Crippen molar-refractivity contribution in [2.75, 3.05) is 7.11 Å². The minimum Gasteiger partial charge on any atom is -0.481 e. The lowest BCUT2D eigenvalue weighted by Crippen LogP contribution is -2.20. The Morgan fingerprint density at radius 2 is 0.845 bits per heavy atom. The van der Waals surface area contributed by atoms with E-state index in [2.05, 4.69) is 20.8 Å². The first-order valence-corrected chi connectivity index (χ1v) is 26.8. The molecule has 4 nitrogen and oxygen atoms in total. The van der Waals surface area contributed by atoms with Crippen LogP contribution in [0, 0.1) is 23.7 Å². The third-order valence-corrected chi connectivity index (χ3v) is 14.3. The fourth-order valence-electron chi connectivity index (χ4n) is 10.1. The third kappa shape index (κ3) is 36.1. The van der Waals surface area contributed by atoms with Gasteiger partial charge in [0, 0.05) is 7.11 Å². The van der Waals surface area contributed by atoms with E-state index in [0.29, 0.717) is 12.5 Å². The number of methoxy groups -OCH3 is 1. The lowest BCUT2D eigenvalue weighted by molar-refractivity contribution is -0.139. The molecule has 0 saturated heterocycles. The van der Waals surface area contributed by atoms with Crippen molar-refractivity contribution >= 4 is 5.97 Å². The second-order valence-electron chi connectivity index (χ2n) is 20.0. The van der Waals surface area contributed by atoms with Gasteiger partial charge >= 0.3 is 5.97 Å². The molecular weight excluding hydrogens is 713 g/mol. The van der Waals surface area contributed by atoms with Gasteiger partial charge in [-0.2, -0.15) is 0 Å². The molecule has 1 fully saturated rings. The number of aliphatic carboxylic acids is 1. The number of hydrogen-bond acceptors (Lipinski definition) is 3. The third-order valence-electron chi connectivity index (χ3n) is 14.3. The number of ether oxygens (including phenoxy) is 1. The van der Waals surface area contributed by atoms with Gasteiger partial charge < -0.3 is 14.9 Å². The summed E-state index contributed by atoms with van der Waals surface area (Å²) in [6, 6.07) is 0. The van der Waals surface area contributed by atoms with Crippen LogP contribution in [0.15, 0.2) is 0 Å². The zero-order valence-electron chi connectivity index (χ0n) is 40.1. The van der Waals surface area contributed by atoms with Gasteiger partial charge in [-0.1, -0.05) is 265 Å². The molecule has 0 spiro atoms. The van der Waals surface area contributed by atoms with Gasteiger partial charge in [0.2, 0.25) is 0 Å². The first kappa shape index (κ1) is 55.4. The van der Waals surface area contributed by atoms with Crippen molar-refractivity contribution in [2.45, 2.75) is 309 Å². The van der Waals surface area contributed by atoms with Crippen LogP contribution in [0.25, 0.3) is 0 Å². The number of unbranched alkanes of at least 4 members (excludes halogenated alkanes) is 33. The minimum atomic E-state index is -0.899.